The van der Waals surface area contributed by atoms with E-state index in [9.17, 15) is 8.42 Å². The highest BCUT2D eigenvalue weighted by Crippen LogP contribution is 2.35. The zero-order valence-corrected chi connectivity index (χ0v) is 18.5. The van der Waals surface area contributed by atoms with Crippen molar-refractivity contribution < 1.29 is 22.6 Å². The Morgan fingerprint density at radius 1 is 1.07 bits per heavy atom. The molecule has 152 valence electrons. The fraction of sp³-hybridized carbons (Fsp3) is 0.400. The van der Waals surface area contributed by atoms with Crippen molar-refractivity contribution in [2.45, 2.75) is 31.2 Å². The highest BCUT2D eigenvalue weighted by molar-refractivity contribution is 9.10. The van der Waals surface area contributed by atoms with Crippen molar-refractivity contribution in [2.24, 2.45) is 5.92 Å². The van der Waals surface area contributed by atoms with Crippen LogP contribution in [-0.2, 0) is 10.0 Å². The first kappa shape index (κ1) is 21.0. The van der Waals surface area contributed by atoms with Crippen LogP contribution >= 0.6 is 15.9 Å². The van der Waals surface area contributed by atoms with Crippen molar-refractivity contribution >= 4 is 26.0 Å². The van der Waals surface area contributed by atoms with Gasteiger partial charge in [0.1, 0.15) is 10.6 Å². The van der Waals surface area contributed by atoms with E-state index in [1.807, 2.05) is 32.0 Å². The third-order valence-electron chi connectivity index (χ3n) is 4.49. The zero-order chi connectivity index (χ0) is 20.3. The van der Waals surface area contributed by atoms with E-state index in [0.29, 0.717) is 29.2 Å². The molecule has 1 aliphatic rings. The van der Waals surface area contributed by atoms with E-state index in [4.69, 9.17) is 14.2 Å². The van der Waals surface area contributed by atoms with Gasteiger partial charge in [0.15, 0.2) is 11.5 Å². The molecule has 0 aromatic heterocycles. The van der Waals surface area contributed by atoms with Gasteiger partial charge >= 0.3 is 0 Å². The maximum Gasteiger partial charge on any atom is 0.244 e. The first-order valence-corrected chi connectivity index (χ1v) is 11.3. The van der Waals surface area contributed by atoms with Gasteiger partial charge in [-0.15, -0.1) is 0 Å². The number of methoxy groups -OCH3 is 1. The molecule has 6 nitrogen and oxygen atoms in total. The van der Waals surface area contributed by atoms with Gasteiger partial charge in [-0.05, 0) is 41.8 Å². The Labute approximate surface area is 174 Å². The number of hydrogen-bond donors (Lipinski definition) is 1. The van der Waals surface area contributed by atoms with Crippen molar-refractivity contribution in [3.8, 4) is 17.2 Å². The van der Waals surface area contributed by atoms with Crippen molar-refractivity contribution in [3.63, 3.8) is 0 Å². The lowest BCUT2D eigenvalue weighted by atomic mass is 9.97. The standard InChI is InChI=1S/C20H24BrNO5S/c1-13(2)20(14-5-7-16-18(11-14)27-10-4-9-26-16)22-28(23,24)19-12-15(21)6-8-17(19)25-3/h5-8,11-13,20,22H,4,9-10H2,1-3H3. The molecule has 28 heavy (non-hydrogen) atoms. The molecule has 0 fully saturated rings. The van der Waals surface area contributed by atoms with Gasteiger partial charge in [-0.3, -0.25) is 0 Å². The maximum absolute atomic E-state index is 13.1. The molecule has 2 aromatic rings. The molecule has 0 radical (unpaired) electrons. The number of hydrogen-bond acceptors (Lipinski definition) is 5. The van der Waals surface area contributed by atoms with Crippen LogP contribution in [0, 0.1) is 5.92 Å². The highest BCUT2D eigenvalue weighted by Gasteiger charge is 2.27. The van der Waals surface area contributed by atoms with Crippen LogP contribution in [0.3, 0.4) is 0 Å². The monoisotopic (exact) mass is 469 g/mol. The van der Waals surface area contributed by atoms with E-state index in [0.717, 1.165) is 12.0 Å². The summed E-state index contributed by atoms with van der Waals surface area (Å²) in [6, 6.07) is 10.0. The van der Waals surface area contributed by atoms with E-state index in [-0.39, 0.29) is 16.6 Å². The van der Waals surface area contributed by atoms with Crippen LogP contribution in [0.15, 0.2) is 45.8 Å². The van der Waals surface area contributed by atoms with E-state index in [1.54, 1.807) is 12.1 Å². The average Bonchev–Trinajstić information content (AvgIpc) is 2.90. The SMILES string of the molecule is COc1ccc(Br)cc1S(=O)(=O)NC(c1ccc2c(c1)OCCCO2)C(C)C. The van der Waals surface area contributed by atoms with Gasteiger partial charge in [0.2, 0.25) is 10.0 Å². The third kappa shape index (κ3) is 4.61. The second-order valence-electron chi connectivity index (χ2n) is 6.89. The largest absolute Gasteiger partial charge is 0.495 e. The van der Waals surface area contributed by atoms with E-state index < -0.39 is 16.1 Å². The number of ether oxygens (including phenoxy) is 3. The molecule has 1 heterocycles. The Balaban J connectivity index is 1.96. The van der Waals surface area contributed by atoms with Crippen molar-refractivity contribution in [2.75, 3.05) is 20.3 Å². The second-order valence-corrected chi connectivity index (χ2v) is 9.49. The summed E-state index contributed by atoms with van der Waals surface area (Å²) >= 11 is 3.33. The Morgan fingerprint density at radius 3 is 2.46 bits per heavy atom. The topological polar surface area (TPSA) is 73.9 Å². The number of rotatable bonds is 6. The van der Waals surface area contributed by atoms with Crippen molar-refractivity contribution in [1.29, 1.82) is 0 Å². The Kier molecular flexibility index (Phi) is 6.52. The number of fused-ring (bicyclic) bond motifs is 1. The van der Waals surface area contributed by atoms with Gasteiger partial charge in [0.05, 0.1) is 20.3 Å². The minimum Gasteiger partial charge on any atom is -0.495 e. The molecule has 2 aromatic carbocycles. The van der Waals surface area contributed by atoms with Gasteiger partial charge in [-0.25, -0.2) is 13.1 Å². The summed E-state index contributed by atoms with van der Waals surface area (Å²) in [5, 5.41) is 0. The molecule has 0 amide bonds. The summed E-state index contributed by atoms with van der Waals surface area (Å²) in [7, 11) is -2.37. The van der Waals surface area contributed by atoms with Gasteiger partial charge < -0.3 is 14.2 Å². The van der Waals surface area contributed by atoms with E-state index in [1.165, 1.54) is 13.2 Å². The molecule has 1 unspecified atom stereocenters. The van der Waals surface area contributed by atoms with Crippen molar-refractivity contribution in [1.82, 2.24) is 4.72 Å². The molecule has 0 aliphatic carbocycles. The van der Waals surface area contributed by atoms with Crippen LogP contribution in [0.1, 0.15) is 31.9 Å². The average molecular weight is 470 g/mol. The second kappa shape index (κ2) is 8.71. The molecule has 0 saturated carbocycles. The molecule has 0 saturated heterocycles. The predicted molar refractivity (Wildman–Crippen MR) is 111 cm³/mol. The summed E-state index contributed by atoms with van der Waals surface area (Å²) in [5.74, 6) is 1.62. The molecule has 1 aliphatic heterocycles. The normalized spacial score (nSPS) is 15.2. The fourth-order valence-electron chi connectivity index (χ4n) is 3.05. The first-order chi connectivity index (χ1) is 13.3. The summed E-state index contributed by atoms with van der Waals surface area (Å²) in [5.41, 5.74) is 0.816. The highest BCUT2D eigenvalue weighted by atomic mass is 79.9. The van der Waals surface area contributed by atoms with Crippen LogP contribution in [0.5, 0.6) is 17.2 Å². The minimum atomic E-state index is -3.82. The van der Waals surface area contributed by atoms with Gasteiger partial charge in [0.25, 0.3) is 0 Å². The van der Waals surface area contributed by atoms with Crippen LogP contribution in [0.25, 0.3) is 0 Å². The quantitative estimate of drug-likeness (QED) is 0.682. The van der Waals surface area contributed by atoms with Gasteiger partial charge in [-0.2, -0.15) is 0 Å². The lowest BCUT2D eigenvalue weighted by molar-refractivity contribution is 0.297. The van der Waals surface area contributed by atoms with Crippen LogP contribution in [0.4, 0.5) is 0 Å². The Hall–Kier alpha value is -1.77. The summed E-state index contributed by atoms with van der Waals surface area (Å²) < 4.78 is 46.4. The lowest BCUT2D eigenvalue weighted by Gasteiger charge is -2.24. The molecule has 3 rings (SSSR count). The van der Waals surface area contributed by atoms with Crippen LogP contribution in [0.2, 0.25) is 0 Å². The fourth-order valence-corrected chi connectivity index (χ4v) is 5.13. The van der Waals surface area contributed by atoms with E-state index >= 15 is 0 Å². The van der Waals surface area contributed by atoms with Crippen LogP contribution < -0.4 is 18.9 Å². The molecule has 0 spiro atoms. The first-order valence-electron chi connectivity index (χ1n) is 9.07. The Bertz CT molecular complexity index is 946. The maximum atomic E-state index is 13.1. The summed E-state index contributed by atoms with van der Waals surface area (Å²) in [6.45, 7) is 5.11. The van der Waals surface area contributed by atoms with Gasteiger partial charge in [0, 0.05) is 16.9 Å². The number of sulfonamides is 1. The molecular formula is C20H24BrNO5S. The van der Waals surface area contributed by atoms with Gasteiger partial charge in [-0.1, -0.05) is 35.8 Å². The number of benzene rings is 2. The molecule has 1 N–H and O–H groups in total. The molecule has 8 heteroatoms. The predicted octanol–water partition coefficient (Wildman–Crippen LogP) is 4.29. The zero-order valence-electron chi connectivity index (χ0n) is 16.1. The number of nitrogens with one attached hydrogen (secondary N) is 1. The van der Waals surface area contributed by atoms with Crippen LogP contribution in [-0.4, -0.2) is 28.7 Å². The molecule has 0 bridgehead atoms. The molecule has 1 atom stereocenters. The Morgan fingerprint density at radius 2 is 1.79 bits per heavy atom. The third-order valence-corrected chi connectivity index (χ3v) is 6.45. The minimum absolute atomic E-state index is 0.0117. The molecular weight excluding hydrogens is 446 g/mol. The summed E-state index contributed by atoms with van der Waals surface area (Å²) in [4.78, 5) is 0.0874. The number of halogens is 1. The summed E-state index contributed by atoms with van der Waals surface area (Å²) in [6.07, 6.45) is 0.812. The van der Waals surface area contributed by atoms with E-state index in [2.05, 4.69) is 20.7 Å². The lowest BCUT2D eigenvalue weighted by Crippen LogP contribution is -2.32. The van der Waals surface area contributed by atoms with Crippen molar-refractivity contribution in [3.05, 3.63) is 46.4 Å². The smallest absolute Gasteiger partial charge is 0.244 e.